The monoisotopic (exact) mass is 313 g/mol. The van der Waals surface area contributed by atoms with Crippen molar-refractivity contribution in [1.29, 1.82) is 0 Å². The molecule has 1 N–H and O–H groups in total. The van der Waals surface area contributed by atoms with Crippen molar-refractivity contribution in [3.63, 3.8) is 0 Å². The number of rotatable bonds is 5. The fourth-order valence-electron chi connectivity index (χ4n) is 1.55. The molecule has 3 nitrogen and oxygen atoms in total. The zero-order valence-corrected chi connectivity index (χ0v) is 11.5. The molecular weight excluding hydrogens is 301 g/mol. The predicted octanol–water partition coefficient (Wildman–Crippen LogP) is 4.19. The molecule has 18 heavy (non-hydrogen) atoms. The van der Waals surface area contributed by atoms with Crippen molar-refractivity contribution in [1.82, 2.24) is 0 Å². The van der Waals surface area contributed by atoms with Gasteiger partial charge in [-0.2, -0.15) is 0 Å². The van der Waals surface area contributed by atoms with E-state index in [4.69, 9.17) is 9.15 Å². The molecule has 96 valence electrons. The van der Waals surface area contributed by atoms with Crippen LogP contribution in [0.25, 0.3) is 0 Å². The number of hydrogen-bond donors (Lipinski definition) is 1. The van der Waals surface area contributed by atoms with Crippen LogP contribution in [0.4, 0.5) is 10.1 Å². The van der Waals surface area contributed by atoms with E-state index < -0.39 is 0 Å². The molecule has 2 aromatic rings. The van der Waals surface area contributed by atoms with Crippen LogP contribution in [0.2, 0.25) is 0 Å². The fourth-order valence-corrected chi connectivity index (χ4v) is 1.89. The molecular formula is C13H13BrFNO2. The normalized spacial score (nSPS) is 10.4. The first-order valence-corrected chi connectivity index (χ1v) is 6.38. The number of benzene rings is 1. The minimum Gasteiger partial charge on any atom is -0.492 e. The molecule has 1 aromatic heterocycles. The zero-order valence-electron chi connectivity index (χ0n) is 9.87. The van der Waals surface area contributed by atoms with E-state index in [0.29, 0.717) is 23.6 Å². The number of hydrogen-bond acceptors (Lipinski definition) is 3. The van der Waals surface area contributed by atoms with Gasteiger partial charge >= 0.3 is 0 Å². The van der Waals surface area contributed by atoms with Crippen molar-refractivity contribution >= 4 is 21.6 Å². The predicted molar refractivity (Wildman–Crippen MR) is 71.3 cm³/mol. The molecule has 0 aliphatic carbocycles. The lowest BCUT2D eigenvalue weighted by Crippen LogP contribution is -2.02. The highest BCUT2D eigenvalue weighted by Crippen LogP contribution is 2.26. The van der Waals surface area contributed by atoms with Crippen LogP contribution < -0.4 is 10.1 Å². The van der Waals surface area contributed by atoms with Gasteiger partial charge < -0.3 is 14.5 Å². The number of halogens is 2. The molecule has 0 amide bonds. The lowest BCUT2D eigenvalue weighted by atomic mass is 10.2. The van der Waals surface area contributed by atoms with Crippen LogP contribution in [-0.4, -0.2) is 6.61 Å². The molecule has 0 radical (unpaired) electrons. The number of ether oxygens (including phenoxy) is 1. The number of anilines is 1. The van der Waals surface area contributed by atoms with Gasteiger partial charge in [0.2, 0.25) is 0 Å². The molecule has 0 saturated heterocycles. The van der Waals surface area contributed by atoms with Crippen LogP contribution in [0.15, 0.2) is 39.4 Å². The van der Waals surface area contributed by atoms with Crippen LogP contribution in [0, 0.1) is 5.82 Å². The average molecular weight is 314 g/mol. The number of nitrogens with one attached hydrogen (secondary N) is 1. The third kappa shape index (κ3) is 3.26. The number of furan rings is 1. The Morgan fingerprint density at radius 1 is 1.33 bits per heavy atom. The van der Waals surface area contributed by atoms with E-state index >= 15 is 0 Å². The summed E-state index contributed by atoms with van der Waals surface area (Å²) in [7, 11) is 0. The molecule has 0 aliphatic rings. The second-order valence-corrected chi connectivity index (χ2v) is 4.41. The van der Waals surface area contributed by atoms with Gasteiger partial charge in [0.25, 0.3) is 0 Å². The van der Waals surface area contributed by atoms with E-state index in [-0.39, 0.29) is 5.82 Å². The Labute approximate surface area is 113 Å². The van der Waals surface area contributed by atoms with Gasteiger partial charge in [0.05, 0.1) is 18.8 Å². The highest BCUT2D eigenvalue weighted by Gasteiger charge is 2.06. The summed E-state index contributed by atoms with van der Waals surface area (Å²) in [5.41, 5.74) is 0.741. The Hall–Kier alpha value is -1.49. The summed E-state index contributed by atoms with van der Waals surface area (Å²) in [6.45, 7) is 2.86. The minimum atomic E-state index is -0.315. The van der Waals surface area contributed by atoms with Gasteiger partial charge in [-0.05, 0) is 47.1 Å². The van der Waals surface area contributed by atoms with E-state index in [1.165, 1.54) is 12.1 Å². The molecule has 5 heteroatoms. The second kappa shape index (κ2) is 5.91. The minimum absolute atomic E-state index is 0.315. The van der Waals surface area contributed by atoms with Crippen LogP contribution in [0.1, 0.15) is 12.7 Å². The first-order chi connectivity index (χ1) is 8.69. The van der Waals surface area contributed by atoms with Crippen molar-refractivity contribution in [3.05, 3.63) is 46.6 Å². The van der Waals surface area contributed by atoms with Crippen molar-refractivity contribution in [2.45, 2.75) is 13.5 Å². The zero-order chi connectivity index (χ0) is 13.0. The molecule has 0 fully saturated rings. The summed E-state index contributed by atoms with van der Waals surface area (Å²) in [4.78, 5) is 0. The highest BCUT2D eigenvalue weighted by atomic mass is 79.9. The summed E-state index contributed by atoms with van der Waals surface area (Å²) >= 11 is 3.24. The van der Waals surface area contributed by atoms with Gasteiger partial charge in [-0.1, -0.05) is 0 Å². The maximum atomic E-state index is 13.1. The lowest BCUT2D eigenvalue weighted by molar-refractivity contribution is 0.339. The molecule has 1 aromatic carbocycles. The Morgan fingerprint density at radius 2 is 2.17 bits per heavy atom. The first-order valence-electron chi connectivity index (χ1n) is 5.59. The van der Waals surface area contributed by atoms with E-state index in [0.717, 1.165) is 11.4 Å². The fraction of sp³-hybridized carbons (Fsp3) is 0.231. The Kier molecular flexibility index (Phi) is 4.25. The Bertz CT molecular complexity index is 527. The molecule has 0 aliphatic heterocycles. The standard InChI is InChI=1S/C13H13BrFNO2/c1-2-17-12-7-9(15)3-5-11(12)16-8-10-4-6-13(14)18-10/h3-7,16H,2,8H2,1H3. The van der Waals surface area contributed by atoms with E-state index in [9.17, 15) is 4.39 Å². The quantitative estimate of drug-likeness (QED) is 0.898. The second-order valence-electron chi connectivity index (χ2n) is 3.63. The summed E-state index contributed by atoms with van der Waals surface area (Å²) in [6.07, 6.45) is 0. The van der Waals surface area contributed by atoms with Gasteiger partial charge in [-0.15, -0.1) is 0 Å². The van der Waals surface area contributed by atoms with E-state index in [1.807, 2.05) is 19.1 Å². The molecule has 0 spiro atoms. The van der Waals surface area contributed by atoms with Crippen molar-refractivity contribution < 1.29 is 13.5 Å². The molecule has 0 bridgehead atoms. The summed E-state index contributed by atoms with van der Waals surface area (Å²) in [5, 5.41) is 3.15. The maximum Gasteiger partial charge on any atom is 0.169 e. The molecule has 2 rings (SSSR count). The molecule has 1 heterocycles. The van der Waals surface area contributed by atoms with Crippen LogP contribution in [-0.2, 0) is 6.54 Å². The maximum absolute atomic E-state index is 13.1. The Morgan fingerprint density at radius 3 is 2.83 bits per heavy atom. The van der Waals surface area contributed by atoms with Gasteiger partial charge in [0, 0.05) is 6.07 Å². The van der Waals surface area contributed by atoms with Crippen LogP contribution in [0.3, 0.4) is 0 Å². The lowest BCUT2D eigenvalue weighted by Gasteiger charge is -2.11. The van der Waals surface area contributed by atoms with Crippen molar-refractivity contribution in [2.24, 2.45) is 0 Å². The SMILES string of the molecule is CCOc1cc(F)ccc1NCc1ccc(Br)o1. The molecule has 0 atom stereocenters. The van der Waals surface area contributed by atoms with Crippen LogP contribution >= 0.6 is 15.9 Å². The topological polar surface area (TPSA) is 34.4 Å². The highest BCUT2D eigenvalue weighted by molar-refractivity contribution is 9.10. The average Bonchev–Trinajstić information content (AvgIpc) is 2.75. The van der Waals surface area contributed by atoms with Gasteiger partial charge in [0.1, 0.15) is 17.3 Å². The molecule has 0 unspecified atom stereocenters. The van der Waals surface area contributed by atoms with Crippen molar-refractivity contribution in [3.8, 4) is 5.75 Å². The smallest absolute Gasteiger partial charge is 0.169 e. The largest absolute Gasteiger partial charge is 0.492 e. The van der Waals surface area contributed by atoms with E-state index in [2.05, 4.69) is 21.2 Å². The molecule has 0 saturated carbocycles. The first kappa shape index (κ1) is 13.0. The summed E-state index contributed by atoms with van der Waals surface area (Å²) in [5.74, 6) is 0.974. The van der Waals surface area contributed by atoms with E-state index in [1.54, 1.807) is 6.07 Å². The van der Waals surface area contributed by atoms with Gasteiger partial charge in [-0.3, -0.25) is 0 Å². The summed E-state index contributed by atoms with van der Waals surface area (Å²) in [6, 6.07) is 8.09. The van der Waals surface area contributed by atoms with Crippen LogP contribution in [0.5, 0.6) is 5.75 Å². The third-order valence-electron chi connectivity index (χ3n) is 2.33. The Balaban J connectivity index is 2.08. The van der Waals surface area contributed by atoms with Crippen molar-refractivity contribution in [2.75, 3.05) is 11.9 Å². The summed E-state index contributed by atoms with van der Waals surface area (Å²) < 4.78 is 24.5. The van der Waals surface area contributed by atoms with Gasteiger partial charge in [-0.25, -0.2) is 4.39 Å². The third-order valence-corrected chi connectivity index (χ3v) is 2.75. The van der Waals surface area contributed by atoms with Gasteiger partial charge in [0.15, 0.2) is 4.67 Å².